The molecule has 1 fully saturated rings. The summed E-state index contributed by atoms with van der Waals surface area (Å²) >= 11 is 0. The fourth-order valence-corrected chi connectivity index (χ4v) is 3.83. The van der Waals surface area contributed by atoms with Crippen molar-refractivity contribution in [3.63, 3.8) is 0 Å². The number of nitrogens with one attached hydrogen (secondary N) is 1. The van der Waals surface area contributed by atoms with Crippen LogP contribution in [-0.2, 0) is 22.7 Å². The first-order chi connectivity index (χ1) is 12.4. The molecule has 2 heterocycles. The predicted molar refractivity (Wildman–Crippen MR) is 83.1 cm³/mol. The second-order valence-corrected chi connectivity index (χ2v) is 7.93. The monoisotopic (exact) mass is 429 g/mol. The van der Waals surface area contributed by atoms with Gasteiger partial charge in [-0.3, -0.25) is 18.9 Å². The minimum atomic E-state index is -5.34. The van der Waals surface area contributed by atoms with Crippen molar-refractivity contribution >= 4 is 15.6 Å². The van der Waals surface area contributed by atoms with Crippen molar-refractivity contribution in [2.75, 3.05) is 6.61 Å². The molecule has 1 saturated heterocycles. The van der Waals surface area contributed by atoms with Crippen LogP contribution in [0.3, 0.4) is 0 Å². The normalized spacial score (nSPS) is 27.7. The lowest BCUT2D eigenvalue weighted by Crippen LogP contribution is -2.36. The molecule has 1 aliphatic heterocycles. The van der Waals surface area contributed by atoms with E-state index in [-0.39, 0.29) is 0 Å². The fraction of sp³-hybridized carbons (Fsp3) is 0.556. The fourth-order valence-electron chi connectivity index (χ4n) is 2.23. The number of azide groups is 1. The highest BCUT2D eigenvalue weighted by Crippen LogP contribution is 2.57. The number of rotatable bonds is 7. The van der Waals surface area contributed by atoms with Gasteiger partial charge < -0.3 is 24.5 Å². The van der Waals surface area contributed by atoms with Crippen molar-refractivity contribution in [3.8, 4) is 0 Å². The Labute approximate surface area is 148 Å². The van der Waals surface area contributed by atoms with Crippen LogP contribution >= 0.6 is 15.6 Å². The first-order valence-corrected chi connectivity index (χ1v) is 9.89. The van der Waals surface area contributed by atoms with Gasteiger partial charge in [-0.2, -0.15) is 4.31 Å². The summed E-state index contributed by atoms with van der Waals surface area (Å²) in [6.45, 7) is -0.916. The highest BCUT2D eigenvalue weighted by atomic mass is 31.3. The number of hydrogen-bond donors (Lipinski definition) is 5. The number of aliphatic hydroxyl groups is 1. The highest BCUT2D eigenvalue weighted by Gasteiger charge is 2.46. The second kappa shape index (κ2) is 8.04. The van der Waals surface area contributed by atoms with Crippen LogP contribution in [0.25, 0.3) is 10.4 Å². The van der Waals surface area contributed by atoms with E-state index >= 15 is 0 Å². The van der Waals surface area contributed by atoms with Crippen LogP contribution in [0.5, 0.6) is 0 Å². The topological polar surface area (TPSA) is 246 Å². The van der Waals surface area contributed by atoms with Crippen molar-refractivity contribution in [2.45, 2.75) is 24.5 Å². The zero-order chi connectivity index (χ0) is 20.4. The lowest BCUT2D eigenvalue weighted by atomic mass is 10.1. The molecular formula is C9H13N5O11P2. The lowest BCUT2D eigenvalue weighted by molar-refractivity contribution is -0.0455. The van der Waals surface area contributed by atoms with Gasteiger partial charge in [0.15, 0.2) is 0 Å². The molecule has 1 aliphatic rings. The van der Waals surface area contributed by atoms with Crippen molar-refractivity contribution in [1.82, 2.24) is 9.55 Å². The molecule has 0 saturated carbocycles. The Morgan fingerprint density at radius 2 is 2.04 bits per heavy atom. The number of aliphatic hydroxyl groups excluding tert-OH is 1. The van der Waals surface area contributed by atoms with E-state index in [1.54, 1.807) is 0 Å². The molecule has 5 N–H and O–H groups in total. The molecule has 0 bridgehead atoms. The number of phosphoric ester groups is 1. The Hall–Kier alpha value is -1.83. The van der Waals surface area contributed by atoms with Gasteiger partial charge in [0, 0.05) is 17.2 Å². The van der Waals surface area contributed by atoms with E-state index in [1.165, 1.54) is 0 Å². The van der Waals surface area contributed by atoms with E-state index in [0.29, 0.717) is 0 Å². The van der Waals surface area contributed by atoms with Crippen molar-refractivity contribution < 1.29 is 42.5 Å². The summed E-state index contributed by atoms with van der Waals surface area (Å²) < 4.78 is 36.1. The summed E-state index contributed by atoms with van der Waals surface area (Å²) in [5.74, 6) is 0. The van der Waals surface area contributed by atoms with Crippen LogP contribution in [0.1, 0.15) is 6.23 Å². The van der Waals surface area contributed by atoms with E-state index in [1.807, 2.05) is 4.98 Å². The molecule has 0 spiro atoms. The third-order valence-electron chi connectivity index (χ3n) is 3.26. The number of aromatic nitrogens is 2. The van der Waals surface area contributed by atoms with Crippen molar-refractivity contribution in [3.05, 3.63) is 43.5 Å². The van der Waals surface area contributed by atoms with Crippen LogP contribution in [0, 0.1) is 0 Å². The molecule has 150 valence electrons. The molecular weight excluding hydrogens is 416 g/mol. The van der Waals surface area contributed by atoms with Crippen molar-refractivity contribution in [1.29, 1.82) is 0 Å². The molecule has 0 radical (unpaired) electrons. The molecule has 2 rings (SSSR count). The van der Waals surface area contributed by atoms with Crippen LogP contribution in [0.15, 0.2) is 27.0 Å². The van der Waals surface area contributed by atoms with E-state index in [2.05, 4.69) is 18.9 Å². The van der Waals surface area contributed by atoms with E-state index in [0.717, 1.165) is 16.8 Å². The largest absolute Gasteiger partial charge is 0.481 e. The van der Waals surface area contributed by atoms with Crippen LogP contribution in [0.4, 0.5) is 0 Å². The zero-order valence-corrected chi connectivity index (χ0v) is 14.8. The third-order valence-corrected chi connectivity index (χ3v) is 5.41. The minimum Gasteiger partial charge on any atom is -0.390 e. The van der Waals surface area contributed by atoms with E-state index < -0.39 is 58.0 Å². The van der Waals surface area contributed by atoms with Gasteiger partial charge in [-0.05, 0) is 5.53 Å². The van der Waals surface area contributed by atoms with Gasteiger partial charge in [0.1, 0.15) is 18.4 Å². The average Bonchev–Trinajstić information content (AvgIpc) is 2.80. The molecule has 0 aliphatic carbocycles. The summed E-state index contributed by atoms with van der Waals surface area (Å²) in [6.07, 6.45) is -3.49. The van der Waals surface area contributed by atoms with Gasteiger partial charge in [0.05, 0.1) is 12.7 Å². The highest BCUT2D eigenvalue weighted by molar-refractivity contribution is 7.60. The molecule has 1 aromatic rings. The van der Waals surface area contributed by atoms with Crippen molar-refractivity contribution in [2.24, 2.45) is 5.11 Å². The molecule has 16 nitrogen and oxygen atoms in total. The van der Waals surface area contributed by atoms with Gasteiger partial charge in [-0.25, -0.2) is 13.9 Å². The number of hydrogen-bond acceptors (Lipinski definition) is 9. The SMILES string of the molecule is [N-]=[N+]=N[C@H]1C(n2ccc(=O)[nH]c2=O)O[C@H](COP(=O)(O)OP(=O)(O)O)[C@H]1O. The Kier molecular flexibility index (Phi) is 6.39. The smallest absolute Gasteiger partial charge is 0.390 e. The standard InChI is InChI=1S/C9H13N5O11P2/c10-13-12-6-7(16)4(3-23-27(21,22)25-26(18,19)20)24-8(6)14-2-1-5(15)11-9(14)17/h1-2,4,6-8,16H,3H2,(H,21,22)(H,11,15,17)(H2,18,19,20)/t4-,6-,7-,8?/m1/s1. The Bertz CT molecular complexity index is 948. The maximum Gasteiger partial charge on any atom is 0.481 e. The Balaban J connectivity index is 2.22. The summed E-state index contributed by atoms with van der Waals surface area (Å²) in [6, 6.07) is -0.433. The number of ether oxygens (including phenoxy) is 1. The average molecular weight is 429 g/mol. The van der Waals surface area contributed by atoms with Gasteiger partial charge in [-0.1, -0.05) is 5.11 Å². The molecule has 1 aromatic heterocycles. The molecule has 2 unspecified atom stereocenters. The third kappa shape index (κ3) is 5.57. The minimum absolute atomic E-state index is 0.717. The summed E-state index contributed by atoms with van der Waals surface area (Å²) in [5.41, 5.74) is 6.96. The summed E-state index contributed by atoms with van der Waals surface area (Å²) in [4.78, 5) is 53.7. The number of aromatic amines is 1. The Morgan fingerprint density at radius 3 is 2.59 bits per heavy atom. The number of phosphoric acid groups is 2. The number of nitrogens with zero attached hydrogens (tertiary/aromatic N) is 4. The number of H-pyrrole nitrogens is 1. The molecule has 0 amide bonds. The summed E-state index contributed by atoms with van der Waals surface area (Å²) in [7, 11) is -10.6. The van der Waals surface area contributed by atoms with Crippen LogP contribution < -0.4 is 11.2 Å². The molecule has 27 heavy (non-hydrogen) atoms. The maximum atomic E-state index is 11.9. The molecule has 0 aromatic carbocycles. The first kappa shape index (κ1) is 21.5. The molecule has 18 heteroatoms. The molecule has 5 atom stereocenters. The van der Waals surface area contributed by atoms with Crippen LogP contribution in [-0.4, -0.2) is 54.2 Å². The van der Waals surface area contributed by atoms with E-state index in [4.69, 9.17) is 20.1 Å². The van der Waals surface area contributed by atoms with Gasteiger partial charge in [-0.15, -0.1) is 0 Å². The van der Waals surface area contributed by atoms with E-state index in [9.17, 15) is 28.7 Å². The Morgan fingerprint density at radius 1 is 1.37 bits per heavy atom. The van der Waals surface area contributed by atoms with Gasteiger partial charge in [0.25, 0.3) is 5.56 Å². The van der Waals surface area contributed by atoms with Gasteiger partial charge >= 0.3 is 21.3 Å². The maximum absolute atomic E-state index is 11.9. The van der Waals surface area contributed by atoms with Gasteiger partial charge in [0.2, 0.25) is 0 Å². The quantitative estimate of drug-likeness (QED) is 0.147. The first-order valence-electron chi connectivity index (χ1n) is 6.87. The lowest BCUT2D eigenvalue weighted by Gasteiger charge is -2.18. The second-order valence-electron chi connectivity index (χ2n) is 5.11. The zero-order valence-electron chi connectivity index (χ0n) is 13.0. The van der Waals surface area contributed by atoms with Crippen LogP contribution in [0.2, 0.25) is 0 Å². The summed E-state index contributed by atoms with van der Waals surface area (Å²) in [5, 5.41) is 13.5. The predicted octanol–water partition coefficient (Wildman–Crippen LogP) is -1.30.